The fourth-order valence-electron chi connectivity index (χ4n) is 2.53. The molecular weight excluding hydrogens is 312 g/mol. The van der Waals surface area contributed by atoms with E-state index >= 15 is 0 Å². The molecule has 1 saturated heterocycles. The number of carbonyl (C=O) groups excluding carboxylic acids is 1. The molecule has 0 radical (unpaired) electrons. The number of hydrogen-bond donors (Lipinski definition) is 1. The van der Waals surface area contributed by atoms with Crippen LogP contribution in [0.5, 0.6) is 0 Å². The molecule has 1 fully saturated rings. The van der Waals surface area contributed by atoms with Gasteiger partial charge >= 0.3 is 0 Å². The molecule has 1 N–H and O–H groups in total. The summed E-state index contributed by atoms with van der Waals surface area (Å²) in [4.78, 5) is 12.3. The first-order valence-corrected chi connectivity index (χ1v) is 8.53. The highest BCUT2D eigenvalue weighted by atomic mass is 32.2. The van der Waals surface area contributed by atoms with Crippen molar-refractivity contribution in [2.45, 2.75) is 0 Å². The summed E-state index contributed by atoms with van der Waals surface area (Å²) < 4.78 is 18.6. The summed E-state index contributed by atoms with van der Waals surface area (Å²) in [6.07, 6.45) is 1.62. The van der Waals surface area contributed by atoms with E-state index in [-0.39, 0.29) is 5.91 Å². The Labute approximate surface area is 135 Å². The van der Waals surface area contributed by atoms with Gasteiger partial charge in [0, 0.05) is 28.9 Å². The lowest BCUT2D eigenvalue weighted by Crippen LogP contribution is -2.42. The first-order chi connectivity index (χ1) is 11.2. The third-order valence-corrected chi connectivity index (χ3v) is 5.26. The molecule has 0 aliphatic carbocycles. The average molecular weight is 326 g/mol. The maximum atomic E-state index is 12.3. The minimum absolute atomic E-state index is 0.177. The van der Waals surface area contributed by atoms with Gasteiger partial charge < -0.3 is 9.73 Å². The smallest absolute Gasteiger partial charge is 0.255 e. The van der Waals surface area contributed by atoms with Crippen molar-refractivity contribution in [3.05, 3.63) is 60.4 Å². The Morgan fingerprint density at radius 3 is 2.65 bits per heavy atom. The van der Waals surface area contributed by atoms with Gasteiger partial charge in [-0.2, -0.15) is 0 Å². The van der Waals surface area contributed by atoms with Crippen LogP contribution in [0.25, 0.3) is 11.0 Å². The number of rotatable bonds is 3. The van der Waals surface area contributed by atoms with Gasteiger partial charge in [-0.25, -0.2) is 4.21 Å². The first kappa shape index (κ1) is 14.0. The van der Waals surface area contributed by atoms with Crippen LogP contribution in [0.4, 0.5) is 11.4 Å². The van der Waals surface area contributed by atoms with Crippen LogP contribution < -0.4 is 9.62 Å². The minimum atomic E-state index is -0.915. The Bertz CT molecular complexity index is 902. The van der Waals surface area contributed by atoms with Gasteiger partial charge in [0.1, 0.15) is 16.6 Å². The number of furan rings is 1. The molecule has 0 spiro atoms. The second kappa shape index (κ2) is 5.55. The van der Waals surface area contributed by atoms with Gasteiger partial charge in [-0.15, -0.1) is 0 Å². The van der Waals surface area contributed by atoms with E-state index in [2.05, 4.69) is 5.32 Å². The van der Waals surface area contributed by atoms with Gasteiger partial charge in [0.05, 0.1) is 12.0 Å². The fourth-order valence-corrected chi connectivity index (χ4v) is 3.40. The summed E-state index contributed by atoms with van der Waals surface area (Å²) in [6.45, 7) is 0.795. The van der Waals surface area contributed by atoms with Gasteiger partial charge in [-0.05, 0) is 48.5 Å². The minimum Gasteiger partial charge on any atom is -0.464 e. The van der Waals surface area contributed by atoms with Crippen LogP contribution in [0.2, 0.25) is 0 Å². The van der Waals surface area contributed by atoms with E-state index in [9.17, 15) is 9.00 Å². The van der Waals surface area contributed by atoms with Gasteiger partial charge in [0.25, 0.3) is 5.91 Å². The number of amides is 1. The summed E-state index contributed by atoms with van der Waals surface area (Å²) in [5.74, 6) is 0.530. The maximum Gasteiger partial charge on any atom is 0.255 e. The molecule has 1 aromatic heterocycles. The van der Waals surface area contributed by atoms with Crippen molar-refractivity contribution in [1.82, 2.24) is 0 Å². The number of anilines is 2. The van der Waals surface area contributed by atoms with Crippen molar-refractivity contribution >= 4 is 39.2 Å². The molecule has 2 aromatic carbocycles. The second-order valence-corrected chi connectivity index (χ2v) is 6.79. The number of carbonyl (C=O) groups is 1. The topological polar surface area (TPSA) is 62.6 Å². The van der Waals surface area contributed by atoms with E-state index in [4.69, 9.17) is 4.42 Å². The molecular formula is C17H14N2O3S. The van der Waals surface area contributed by atoms with Crippen LogP contribution >= 0.6 is 0 Å². The lowest BCUT2D eigenvalue weighted by Gasteiger charge is -2.31. The molecule has 1 amide bonds. The Morgan fingerprint density at radius 2 is 1.96 bits per heavy atom. The monoisotopic (exact) mass is 326 g/mol. The summed E-state index contributed by atoms with van der Waals surface area (Å²) in [6, 6.07) is 14.5. The zero-order chi connectivity index (χ0) is 15.8. The molecule has 23 heavy (non-hydrogen) atoms. The Hall–Kier alpha value is -2.60. The van der Waals surface area contributed by atoms with Crippen LogP contribution in [0.3, 0.4) is 0 Å². The number of fused-ring (bicyclic) bond motifs is 1. The highest BCUT2D eigenvalue weighted by molar-refractivity contribution is 7.88. The number of nitrogens with zero attached hydrogens (tertiary/aromatic N) is 1. The Balaban J connectivity index is 1.50. The highest BCUT2D eigenvalue weighted by Gasteiger charge is 2.23. The quantitative estimate of drug-likeness (QED) is 0.804. The summed E-state index contributed by atoms with van der Waals surface area (Å²) in [5.41, 5.74) is 2.95. The third-order valence-electron chi connectivity index (χ3n) is 3.84. The molecule has 1 atom stereocenters. The molecule has 116 valence electrons. The lowest BCUT2D eigenvalue weighted by atomic mass is 10.1. The SMILES string of the molecule is O=C(Nc1ccc2occc2c1)c1ccc(N2CCS2=O)cc1. The van der Waals surface area contributed by atoms with E-state index in [1.165, 1.54) is 0 Å². The number of hydrogen-bond acceptors (Lipinski definition) is 3. The van der Waals surface area contributed by atoms with Crippen LogP contribution in [0.1, 0.15) is 10.4 Å². The van der Waals surface area contributed by atoms with Crippen LogP contribution in [0.15, 0.2) is 59.2 Å². The lowest BCUT2D eigenvalue weighted by molar-refractivity contribution is 0.102. The molecule has 0 bridgehead atoms. The second-order valence-electron chi connectivity index (χ2n) is 5.30. The molecule has 1 unspecified atom stereocenters. The first-order valence-electron chi connectivity index (χ1n) is 7.25. The van der Waals surface area contributed by atoms with E-state index < -0.39 is 11.0 Å². The average Bonchev–Trinajstić information content (AvgIpc) is 3.01. The zero-order valence-corrected chi connectivity index (χ0v) is 13.0. The van der Waals surface area contributed by atoms with Crippen molar-refractivity contribution in [3.63, 3.8) is 0 Å². The van der Waals surface area contributed by atoms with Gasteiger partial charge in [0.15, 0.2) is 0 Å². The summed E-state index contributed by atoms with van der Waals surface area (Å²) >= 11 is 0. The zero-order valence-electron chi connectivity index (χ0n) is 12.2. The largest absolute Gasteiger partial charge is 0.464 e. The summed E-state index contributed by atoms with van der Waals surface area (Å²) in [7, 11) is -0.915. The standard InChI is InChI=1S/C17H14N2O3S/c20-17(18-14-3-6-16-13(11-14)7-9-22-16)12-1-4-15(5-2-12)19-8-10-23(19)21/h1-7,9,11H,8,10H2,(H,18,20). The fraction of sp³-hybridized carbons (Fsp3) is 0.118. The number of nitrogens with one attached hydrogen (secondary N) is 1. The van der Waals surface area contributed by atoms with Crippen LogP contribution in [-0.2, 0) is 11.0 Å². The third kappa shape index (κ3) is 2.61. The van der Waals surface area contributed by atoms with E-state index in [1.807, 2.05) is 34.6 Å². The van der Waals surface area contributed by atoms with Gasteiger partial charge in [0.2, 0.25) is 0 Å². The van der Waals surface area contributed by atoms with Crippen LogP contribution in [0, 0.1) is 0 Å². The molecule has 6 heteroatoms. The molecule has 1 aliphatic rings. The molecule has 1 aliphatic heterocycles. The predicted octanol–water partition coefficient (Wildman–Crippen LogP) is 3.17. The van der Waals surface area contributed by atoms with Crippen molar-refractivity contribution < 1.29 is 13.4 Å². The number of benzene rings is 2. The maximum absolute atomic E-state index is 12.3. The van der Waals surface area contributed by atoms with Crippen molar-refractivity contribution in [1.29, 1.82) is 0 Å². The van der Waals surface area contributed by atoms with Crippen molar-refractivity contribution in [3.8, 4) is 0 Å². The molecule has 0 saturated carbocycles. The van der Waals surface area contributed by atoms with E-state index in [1.54, 1.807) is 24.5 Å². The predicted molar refractivity (Wildman–Crippen MR) is 91.0 cm³/mol. The molecule has 5 nitrogen and oxygen atoms in total. The van der Waals surface area contributed by atoms with Crippen molar-refractivity contribution in [2.24, 2.45) is 0 Å². The van der Waals surface area contributed by atoms with E-state index in [0.717, 1.165) is 28.9 Å². The normalized spacial score (nSPS) is 17.0. The van der Waals surface area contributed by atoms with E-state index in [0.29, 0.717) is 11.3 Å². The van der Waals surface area contributed by atoms with Gasteiger partial charge in [-0.1, -0.05) is 0 Å². The van der Waals surface area contributed by atoms with Crippen LogP contribution in [-0.4, -0.2) is 22.4 Å². The molecule has 3 aromatic rings. The summed E-state index contributed by atoms with van der Waals surface area (Å²) in [5, 5.41) is 3.81. The highest BCUT2D eigenvalue weighted by Crippen LogP contribution is 2.23. The van der Waals surface area contributed by atoms with Crippen molar-refractivity contribution in [2.75, 3.05) is 21.9 Å². The molecule has 4 rings (SSSR count). The molecule has 2 heterocycles. The Morgan fingerprint density at radius 1 is 1.13 bits per heavy atom. The van der Waals surface area contributed by atoms with Gasteiger partial charge in [-0.3, -0.25) is 9.10 Å². The Kier molecular flexibility index (Phi) is 3.38.